The number of carbonyl (C=O) groups is 1. The van der Waals surface area contributed by atoms with Crippen LogP contribution in [0.5, 0.6) is 0 Å². The number of thioether (sulfide) groups is 2. The van der Waals surface area contributed by atoms with Crippen LogP contribution in [0.15, 0.2) is 94.3 Å². The van der Waals surface area contributed by atoms with Crippen molar-refractivity contribution in [3.8, 4) is 0 Å². The van der Waals surface area contributed by atoms with Gasteiger partial charge in [-0.05, 0) is 71.8 Å². The Kier molecular flexibility index (Phi) is 9.52. The molecule has 1 aliphatic rings. The van der Waals surface area contributed by atoms with Crippen molar-refractivity contribution in [3.63, 3.8) is 0 Å². The van der Waals surface area contributed by atoms with E-state index in [4.69, 9.17) is 10.7 Å². The highest BCUT2D eigenvalue weighted by atomic mass is 32.2. The molecule has 40 heavy (non-hydrogen) atoms. The van der Waals surface area contributed by atoms with Gasteiger partial charge in [0.05, 0.1) is 33.4 Å². The summed E-state index contributed by atoms with van der Waals surface area (Å²) in [4.78, 5) is 33.3. The molecule has 0 spiro atoms. The van der Waals surface area contributed by atoms with Gasteiger partial charge in [-0.3, -0.25) is 19.8 Å². The van der Waals surface area contributed by atoms with Crippen LogP contribution in [0.2, 0.25) is 0 Å². The highest BCUT2D eigenvalue weighted by Crippen LogP contribution is 2.37. The number of carbonyl (C=O) groups excluding carboxylic acids is 1. The molecule has 0 unspecified atom stereocenters. The summed E-state index contributed by atoms with van der Waals surface area (Å²) in [6.45, 7) is 3.08. The van der Waals surface area contributed by atoms with E-state index in [0.29, 0.717) is 34.5 Å². The van der Waals surface area contributed by atoms with E-state index in [2.05, 4.69) is 5.32 Å². The van der Waals surface area contributed by atoms with Crippen molar-refractivity contribution in [2.75, 3.05) is 30.9 Å². The van der Waals surface area contributed by atoms with Gasteiger partial charge in [-0.2, -0.15) is 0 Å². The largest absolute Gasteiger partial charge is 0.399 e. The molecule has 0 bridgehead atoms. The summed E-state index contributed by atoms with van der Waals surface area (Å²) in [6, 6.07) is 21.6. The number of nitrogens with two attached hydrogens (primary N) is 1. The lowest BCUT2D eigenvalue weighted by molar-refractivity contribution is -0.384. The quantitative estimate of drug-likeness (QED) is 0.122. The Labute approximate surface area is 242 Å². The van der Waals surface area contributed by atoms with Crippen LogP contribution in [0, 0.1) is 10.1 Å². The fourth-order valence-electron chi connectivity index (χ4n) is 4.04. The molecule has 3 aromatic carbocycles. The van der Waals surface area contributed by atoms with Gasteiger partial charge in [0.1, 0.15) is 0 Å². The van der Waals surface area contributed by atoms with Crippen LogP contribution in [0.3, 0.4) is 0 Å². The smallest absolute Gasteiger partial charge is 0.269 e. The maximum Gasteiger partial charge on any atom is 0.269 e. The molecule has 9 nitrogen and oxygen atoms in total. The van der Waals surface area contributed by atoms with E-state index in [1.165, 1.54) is 35.7 Å². The van der Waals surface area contributed by atoms with E-state index in [1.54, 1.807) is 29.3 Å². The molecule has 11 heteroatoms. The molecule has 0 atom stereocenters. The van der Waals surface area contributed by atoms with Gasteiger partial charge in [-0.25, -0.2) is 4.99 Å². The van der Waals surface area contributed by atoms with E-state index >= 15 is 0 Å². The van der Waals surface area contributed by atoms with Gasteiger partial charge in [-0.15, -0.1) is 11.8 Å². The van der Waals surface area contributed by atoms with Gasteiger partial charge in [0, 0.05) is 37.6 Å². The Bertz CT molecular complexity index is 1470. The standard InChI is InChI=1S/C29H30N6O3S2/c1-4-31-24-15-12-22(30)16-25(24)32-29-34(17-20-8-6-5-7-9-20)28(36)27(40-29)18-33(2)26(19-39-3)21-10-13-23(14-11-21)35(37)38/h5-16,18-19,31H,4,17,30H2,1-3H3/b26-19-,27-18+,32-29?. The number of amidine groups is 1. The summed E-state index contributed by atoms with van der Waals surface area (Å²) in [6.07, 6.45) is 3.71. The second kappa shape index (κ2) is 13.2. The Morgan fingerprint density at radius 2 is 1.90 bits per heavy atom. The van der Waals surface area contributed by atoms with Gasteiger partial charge in [-0.1, -0.05) is 30.3 Å². The Morgan fingerprint density at radius 1 is 1.18 bits per heavy atom. The number of rotatable bonds is 10. The molecule has 1 heterocycles. The van der Waals surface area contributed by atoms with Gasteiger partial charge in [0.2, 0.25) is 0 Å². The van der Waals surface area contributed by atoms with Crippen LogP contribution in [-0.4, -0.2) is 45.6 Å². The summed E-state index contributed by atoms with van der Waals surface area (Å²) in [7, 11) is 1.85. The monoisotopic (exact) mass is 574 g/mol. The van der Waals surface area contributed by atoms with Gasteiger partial charge in [0.25, 0.3) is 11.6 Å². The molecular formula is C29H30N6O3S2. The Balaban J connectivity index is 1.71. The van der Waals surface area contributed by atoms with Crippen LogP contribution in [-0.2, 0) is 11.3 Å². The third-order valence-electron chi connectivity index (χ3n) is 5.97. The molecule has 0 radical (unpaired) electrons. The van der Waals surface area contributed by atoms with Crippen molar-refractivity contribution in [2.45, 2.75) is 13.5 Å². The zero-order valence-electron chi connectivity index (χ0n) is 22.4. The number of nitro groups is 1. The normalized spacial score (nSPS) is 15.6. The molecule has 0 saturated carbocycles. The highest BCUT2D eigenvalue weighted by Gasteiger charge is 2.34. The first-order chi connectivity index (χ1) is 19.3. The molecule has 0 aliphatic carbocycles. The number of nitrogen functional groups attached to an aromatic ring is 1. The molecule has 206 valence electrons. The molecule has 1 amide bonds. The lowest BCUT2D eigenvalue weighted by atomic mass is 10.1. The number of benzene rings is 3. The lowest BCUT2D eigenvalue weighted by Gasteiger charge is -2.19. The third kappa shape index (κ3) is 6.85. The predicted molar refractivity (Wildman–Crippen MR) is 167 cm³/mol. The molecule has 1 saturated heterocycles. The molecule has 0 aromatic heterocycles. The number of nitrogens with one attached hydrogen (secondary N) is 1. The molecule has 1 aliphatic heterocycles. The summed E-state index contributed by atoms with van der Waals surface area (Å²) in [5, 5.41) is 16.9. The first kappa shape index (κ1) is 28.8. The number of non-ortho nitro benzene ring substituents is 1. The molecule has 4 rings (SSSR count). The summed E-state index contributed by atoms with van der Waals surface area (Å²) < 4.78 is 0. The Hall–Kier alpha value is -4.22. The number of anilines is 2. The average molecular weight is 575 g/mol. The first-order valence-corrected chi connectivity index (χ1v) is 14.6. The fourth-order valence-corrected chi connectivity index (χ4v) is 5.57. The minimum absolute atomic E-state index is 0.0191. The summed E-state index contributed by atoms with van der Waals surface area (Å²) >= 11 is 2.80. The fraction of sp³-hybridized carbons (Fsp3) is 0.172. The number of nitro benzene ring substituents is 1. The second-order valence-electron chi connectivity index (χ2n) is 8.83. The first-order valence-electron chi connectivity index (χ1n) is 12.5. The van der Waals surface area contributed by atoms with E-state index in [9.17, 15) is 14.9 Å². The van der Waals surface area contributed by atoms with E-state index in [0.717, 1.165) is 22.5 Å². The van der Waals surface area contributed by atoms with Gasteiger partial charge >= 0.3 is 0 Å². The van der Waals surface area contributed by atoms with Crippen LogP contribution in [0.25, 0.3) is 5.70 Å². The van der Waals surface area contributed by atoms with Crippen molar-refractivity contribution in [2.24, 2.45) is 4.99 Å². The van der Waals surface area contributed by atoms with Crippen molar-refractivity contribution in [1.82, 2.24) is 9.80 Å². The van der Waals surface area contributed by atoms with Crippen LogP contribution >= 0.6 is 23.5 Å². The number of nitrogens with zero attached hydrogens (tertiary/aromatic N) is 4. The zero-order valence-corrected chi connectivity index (χ0v) is 24.0. The molecule has 3 aromatic rings. The van der Waals surface area contributed by atoms with Crippen LogP contribution < -0.4 is 11.1 Å². The molecular weight excluding hydrogens is 544 g/mol. The maximum absolute atomic E-state index is 13.7. The van der Waals surface area contributed by atoms with Crippen molar-refractivity contribution < 1.29 is 9.72 Å². The SMILES string of the molecule is CCNc1ccc(N)cc1N=C1S/C(=C/N(C)/C(=C\SC)c2ccc([N+](=O)[O-])cc2)C(=O)N1Cc1ccccc1. The van der Waals surface area contributed by atoms with Crippen molar-refractivity contribution in [3.05, 3.63) is 111 Å². The molecule has 3 N–H and O–H groups in total. The zero-order chi connectivity index (χ0) is 28.6. The summed E-state index contributed by atoms with van der Waals surface area (Å²) in [5.74, 6) is -0.166. The number of hydrogen-bond acceptors (Lipinski definition) is 9. The van der Waals surface area contributed by atoms with Crippen molar-refractivity contribution >= 4 is 63.0 Å². The topological polar surface area (TPSA) is 117 Å². The second-order valence-corrected chi connectivity index (χ2v) is 10.5. The predicted octanol–water partition coefficient (Wildman–Crippen LogP) is 6.51. The maximum atomic E-state index is 13.7. The highest BCUT2D eigenvalue weighted by molar-refractivity contribution is 8.18. The minimum atomic E-state index is -0.425. The van der Waals surface area contributed by atoms with Gasteiger partial charge < -0.3 is 16.0 Å². The number of aliphatic imine (C=N–C) groups is 1. The Morgan fingerprint density at radius 3 is 2.55 bits per heavy atom. The summed E-state index contributed by atoms with van der Waals surface area (Å²) in [5.41, 5.74) is 10.7. The van der Waals surface area contributed by atoms with E-state index in [1.807, 2.05) is 73.0 Å². The third-order valence-corrected chi connectivity index (χ3v) is 7.42. The minimum Gasteiger partial charge on any atom is -0.399 e. The van der Waals surface area contributed by atoms with Crippen LogP contribution in [0.4, 0.5) is 22.7 Å². The number of hydrogen-bond donors (Lipinski definition) is 2. The average Bonchev–Trinajstić information content (AvgIpc) is 3.22. The van der Waals surface area contributed by atoms with E-state index in [-0.39, 0.29) is 11.6 Å². The number of amides is 1. The van der Waals surface area contributed by atoms with Crippen LogP contribution in [0.1, 0.15) is 18.1 Å². The van der Waals surface area contributed by atoms with Crippen molar-refractivity contribution in [1.29, 1.82) is 0 Å². The van der Waals surface area contributed by atoms with E-state index < -0.39 is 4.92 Å². The van der Waals surface area contributed by atoms with Gasteiger partial charge in [0.15, 0.2) is 5.17 Å². The molecule has 1 fully saturated rings. The lowest BCUT2D eigenvalue weighted by Crippen LogP contribution is -2.28.